The van der Waals surface area contributed by atoms with E-state index in [4.69, 9.17) is 25.8 Å². The maximum atomic E-state index is 9.44. The summed E-state index contributed by atoms with van der Waals surface area (Å²) in [6.45, 7) is 4.14. The topological polar surface area (TPSA) is 129 Å². The number of hydrogen-bond donors (Lipinski definition) is 3. The van der Waals surface area contributed by atoms with Crippen LogP contribution in [0, 0.1) is 0 Å². The van der Waals surface area contributed by atoms with Gasteiger partial charge in [-0.05, 0) is 13.8 Å². The third kappa shape index (κ3) is 1450. The van der Waals surface area contributed by atoms with Crippen molar-refractivity contribution in [3.8, 4) is 0 Å². The van der Waals surface area contributed by atoms with E-state index in [2.05, 4.69) is 0 Å². The van der Waals surface area contributed by atoms with E-state index in [1.54, 1.807) is 0 Å². The van der Waals surface area contributed by atoms with Crippen LogP contribution in [0.2, 0.25) is 0 Å². The van der Waals surface area contributed by atoms with E-state index in [1.165, 1.54) is 13.8 Å². The molecule has 0 aromatic carbocycles. The van der Waals surface area contributed by atoms with Gasteiger partial charge in [0.1, 0.15) is 5.78 Å². The van der Waals surface area contributed by atoms with E-state index in [0.717, 1.165) is 6.92 Å². The maximum absolute atomic E-state index is 9.44. The normalized spacial score (nSPS) is 8.38. The summed E-state index contributed by atoms with van der Waals surface area (Å²) in [6, 6.07) is 0. The van der Waals surface area contributed by atoms with Crippen LogP contribution in [0.15, 0.2) is 0 Å². The molecule has 7 nitrogen and oxygen atoms in total. The van der Waals surface area contributed by atoms with Gasteiger partial charge in [-0.3, -0.25) is 4.79 Å². The zero-order valence-corrected chi connectivity index (χ0v) is 8.66. The van der Waals surface area contributed by atoms with Crippen molar-refractivity contribution in [2.45, 2.75) is 20.8 Å². The van der Waals surface area contributed by atoms with Crippen molar-refractivity contribution in [2.24, 2.45) is 0 Å². The molecular weight excluding hydrogens is 224 g/mol. The third-order valence-corrected chi connectivity index (χ3v) is 0. The molecule has 0 radical (unpaired) electrons. The molecule has 80 valence electrons. The van der Waals surface area contributed by atoms with E-state index in [9.17, 15) is 4.79 Å². The van der Waals surface area contributed by atoms with Crippen LogP contribution in [0.25, 0.3) is 0 Å². The average Bonchev–Trinajstić information content (AvgIpc) is 1.50. The first kappa shape index (κ1) is 18.1. The van der Waals surface area contributed by atoms with Crippen molar-refractivity contribution in [3.05, 3.63) is 0 Å². The van der Waals surface area contributed by atoms with Gasteiger partial charge in [0.15, 0.2) is 0 Å². The fourth-order valence-electron chi connectivity index (χ4n) is 0. The van der Waals surface area contributed by atoms with Crippen LogP contribution in [-0.4, -0.2) is 25.2 Å². The van der Waals surface area contributed by atoms with Gasteiger partial charge < -0.3 is 9.90 Å². The third-order valence-electron chi connectivity index (χ3n) is 0. The molecule has 0 bridgehead atoms. The molecule has 0 heterocycles. The second-order valence-electron chi connectivity index (χ2n) is 1.88. The summed E-state index contributed by atoms with van der Waals surface area (Å²) in [5, 5.41) is 7.42. The summed E-state index contributed by atoms with van der Waals surface area (Å²) in [6.07, 6.45) is 0. The molecule has 13 heavy (non-hydrogen) atoms. The van der Waals surface area contributed by atoms with Crippen molar-refractivity contribution < 1.29 is 44.2 Å². The van der Waals surface area contributed by atoms with Gasteiger partial charge in [0, 0.05) is 6.92 Å². The first-order valence-corrected chi connectivity index (χ1v) is 5.01. The molecule has 0 aromatic heterocycles. The minimum absolute atomic E-state index is 0.167. The van der Waals surface area contributed by atoms with E-state index in [1.807, 2.05) is 0 Å². The molecule has 0 atom stereocenters. The predicted octanol–water partition coefficient (Wildman–Crippen LogP) is -0.668. The fraction of sp³-hybridized carbons (Fsp3) is 0.600. The molecule has 0 aliphatic heterocycles. The number of carbonyl (C=O) groups excluding carboxylic acids is 1. The van der Waals surface area contributed by atoms with Crippen molar-refractivity contribution in [1.29, 1.82) is 0 Å². The van der Waals surface area contributed by atoms with Crippen molar-refractivity contribution >= 4 is 11.8 Å². The van der Waals surface area contributed by atoms with Gasteiger partial charge in [-0.1, -0.05) is 0 Å². The Balaban J connectivity index is -0.000000117. The Bertz CT molecular complexity index is 212. The Morgan fingerprint density at radius 2 is 1.00 bits per heavy atom. The molecule has 8 heteroatoms. The molecule has 0 spiro atoms. The first-order chi connectivity index (χ1) is 5.46. The number of rotatable bonds is 0. The summed E-state index contributed by atoms with van der Waals surface area (Å²) in [5.41, 5.74) is 0. The molecule has 0 aliphatic rings. The van der Waals surface area contributed by atoms with Crippen LogP contribution < -0.4 is 0 Å². The number of carboxylic acids is 1. The molecular formula is C5H12CrO7. The monoisotopic (exact) mass is 236 g/mol. The van der Waals surface area contributed by atoms with Gasteiger partial charge in [-0.25, -0.2) is 0 Å². The van der Waals surface area contributed by atoms with Crippen molar-refractivity contribution in [3.63, 3.8) is 0 Å². The Kier molecular flexibility index (Phi) is 12.9. The van der Waals surface area contributed by atoms with Crippen LogP contribution in [0.5, 0.6) is 0 Å². The number of aliphatic carboxylic acids is 1. The molecule has 0 aliphatic carbocycles. The summed E-state index contributed by atoms with van der Waals surface area (Å²) in [7, 11) is 0. The first-order valence-electron chi connectivity index (χ1n) is 2.83. The molecule has 0 saturated carbocycles. The standard InChI is InChI=1S/C3H6O.C2H4O2.Cr.2H2O.2O/c1-3(2)4;1-2(3)4;;;;;/h1-2H3;1H3,(H,3,4);;2*1H2;;/q;;+2;;;;/p-2. The minimum atomic E-state index is -5.25. The van der Waals surface area contributed by atoms with Crippen molar-refractivity contribution in [1.82, 2.24) is 0 Å². The van der Waals surface area contributed by atoms with Crippen LogP contribution >= 0.6 is 0 Å². The summed E-state index contributed by atoms with van der Waals surface area (Å²) < 4.78 is 31.9. The Morgan fingerprint density at radius 3 is 1.00 bits per heavy atom. The van der Waals surface area contributed by atoms with Crippen molar-refractivity contribution in [2.75, 3.05) is 0 Å². The van der Waals surface area contributed by atoms with Crippen LogP contribution in [0.3, 0.4) is 0 Å². The van der Waals surface area contributed by atoms with Gasteiger partial charge in [0.2, 0.25) is 0 Å². The molecule has 0 saturated heterocycles. The predicted molar refractivity (Wildman–Crippen MR) is 35.5 cm³/mol. The van der Waals surface area contributed by atoms with Crippen LogP contribution in [0.4, 0.5) is 0 Å². The molecule has 0 fully saturated rings. The van der Waals surface area contributed by atoms with Gasteiger partial charge >= 0.3 is 29.5 Å². The molecule has 3 N–H and O–H groups in total. The Morgan fingerprint density at radius 1 is 1.00 bits per heavy atom. The van der Waals surface area contributed by atoms with Gasteiger partial charge in [0.25, 0.3) is 5.97 Å². The molecule has 0 rings (SSSR count). The fourth-order valence-corrected chi connectivity index (χ4v) is 0. The molecule has 0 amide bonds. The average molecular weight is 236 g/mol. The number of carbonyl (C=O) groups is 2. The number of hydrogen-bond acceptors (Lipinski definition) is 4. The molecule has 0 unspecified atom stereocenters. The van der Waals surface area contributed by atoms with Gasteiger partial charge in [-0.2, -0.15) is 0 Å². The van der Waals surface area contributed by atoms with E-state index in [0.29, 0.717) is 0 Å². The van der Waals surface area contributed by atoms with Gasteiger partial charge in [-0.15, -0.1) is 0 Å². The van der Waals surface area contributed by atoms with E-state index >= 15 is 0 Å². The van der Waals surface area contributed by atoms with Crippen LogP contribution in [-0.2, 0) is 30.8 Å². The van der Waals surface area contributed by atoms with E-state index < -0.39 is 19.6 Å². The second kappa shape index (κ2) is 9.28. The number of Topliss-reactive ketones (excluding diaryl/α,β-unsaturated/α-hetero) is 1. The SMILES string of the molecule is CC(=O)O.CC(C)=O.[O]=[Cr](=[O])([OH])[OH]. The Hall–Kier alpha value is -0.808. The zero-order valence-electron chi connectivity index (χ0n) is 7.38. The molecule has 0 aromatic rings. The second-order valence-corrected chi connectivity index (χ2v) is 3.27. The summed E-state index contributed by atoms with van der Waals surface area (Å²) in [5.74, 6) is -0.667. The Labute approximate surface area is 77.4 Å². The number of carboxylic acid groups (broad SMARTS) is 1. The summed E-state index contributed by atoms with van der Waals surface area (Å²) in [4.78, 5) is 18.4. The zero-order chi connectivity index (χ0) is 11.7. The van der Waals surface area contributed by atoms with E-state index in [-0.39, 0.29) is 5.78 Å². The summed E-state index contributed by atoms with van der Waals surface area (Å²) >= 11 is -5.25. The van der Waals surface area contributed by atoms with Gasteiger partial charge in [0.05, 0.1) is 0 Å². The van der Waals surface area contributed by atoms with Crippen LogP contribution in [0.1, 0.15) is 20.8 Å². The quantitative estimate of drug-likeness (QED) is 0.508. The number of ketones is 1.